The van der Waals surface area contributed by atoms with Gasteiger partial charge in [-0.2, -0.15) is 0 Å². The van der Waals surface area contributed by atoms with E-state index in [0.29, 0.717) is 25.5 Å². The highest BCUT2D eigenvalue weighted by Gasteiger charge is 2.23. The third-order valence-corrected chi connectivity index (χ3v) is 4.79. The molecule has 30 heavy (non-hydrogen) atoms. The van der Waals surface area contributed by atoms with Crippen molar-refractivity contribution in [2.45, 2.75) is 6.04 Å². The van der Waals surface area contributed by atoms with Crippen molar-refractivity contribution in [1.29, 1.82) is 0 Å². The highest BCUT2D eigenvalue weighted by molar-refractivity contribution is 5.85. The molecule has 1 heterocycles. The number of nitrogens with zero attached hydrogens (tertiary/aromatic N) is 1. The largest absolute Gasteiger partial charge is 0.484 e. The third-order valence-electron chi connectivity index (χ3n) is 4.79. The second-order valence-electron chi connectivity index (χ2n) is 6.90. The van der Waals surface area contributed by atoms with Gasteiger partial charge in [0, 0.05) is 19.6 Å². The van der Waals surface area contributed by atoms with Crippen LogP contribution >= 0.6 is 0 Å². The summed E-state index contributed by atoms with van der Waals surface area (Å²) in [5.74, 6) is -0.394. The van der Waals surface area contributed by atoms with Crippen molar-refractivity contribution >= 4 is 11.8 Å². The van der Waals surface area contributed by atoms with E-state index in [9.17, 15) is 14.0 Å². The molecule has 8 heteroatoms. The summed E-state index contributed by atoms with van der Waals surface area (Å²) in [6, 6.07) is 15.2. The molecule has 2 aromatic rings. The van der Waals surface area contributed by atoms with Crippen LogP contribution < -0.4 is 15.4 Å². The molecule has 2 N–H and O–H groups in total. The van der Waals surface area contributed by atoms with Crippen molar-refractivity contribution in [3.63, 3.8) is 0 Å². The van der Waals surface area contributed by atoms with Gasteiger partial charge in [-0.3, -0.25) is 14.5 Å². The number of para-hydroxylation sites is 1. The summed E-state index contributed by atoms with van der Waals surface area (Å²) in [7, 11) is 0. The fourth-order valence-corrected chi connectivity index (χ4v) is 3.20. The molecule has 2 aromatic carbocycles. The van der Waals surface area contributed by atoms with Crippen LogP contribution in [-0.4, -0.2) is 62.7 Å². The Morgan fingerprint density at radius 2 is 1.70 bits per heavy atom. The lowest BCUT2D eigenvalue weighted by atomic mass is 10.0. The topological polar surface area (TPSA) is 79.9 Å². The first kappa shape index (κ1) is 21.7. The molecule has 1 aliphatic rings. The van der Waals surface area contributed by atoms with Gasteiger partial charge in [-0.05, 0) is 29.8 Å². The fourth-order valence-electron chi connectivity index (χ4n) is 3.20. The number of hydrogen-bond donors (Lipinski definition) is 2. The molecule has 0 bridgehead atoms. The number of carbonyl (C=O) groups is 2. The molecule has 3 rings (SSSR count). The monoisotopic (exact) mass is 415 g/mol. The molecule has 1 unspecified atom stereocenters. The molecule has 0 aliphatic carbocycles. The molecular weight excluding hydrogens is 389 g/mol. The lowest BCUT2D eigenvalue weighted by molar-refractivity contribution is -0.127. The van der Waals surface area contributed by atoms with E-state index in [-0.39, 0.29) is 36.8 Å². The van der Waals surface area contributed by atoms with E-state index in [1.807, 2.05) is 18.2 Å². The van der Waals surface area contributed by atoms with Crippen molar-refractivity contribution in [3.8, 4) is 5.75 Å². The average Bonchev–Trinajstić information content (AvgIpc) is 2.79. The molecule has 7 nitrogen and oxygen atoms in total. The third kappa shape index (κ3) is 6.82. The molecule has 1 atom stereocenters. The molecule has 1 fully saturated rings. The predicted molar refractivity (Wildman–Crippen MR) is 109 cm³/mol. The van der Waals surface area contributed by atoms with Gasteiger partial charge in [0.25, 0.3) is 5.91 Å². The maximum Gasteiger partial charge on any atom is 0.258 e. The quantitative estimate of drug-likeness (QED) is 0.649. The zero-order valence-corrected chi connectivity index (χ0v) is 16.7. The number of benzene rings is 2. The summed E-state index contributed by atoms with van der Waals surface area (Å²) in [6.45, 7) is 2.73. The van der Waals surface area contributed by atoms with Crippen molar-refractivity contribution < 1.29 is 23.5 Å². The van der Waals surface area contributed by atoms with Gasteiger partial charge in [0.2, 0.25) is 5.91 Å². The normalized spacial score (nSPS) is 15.2. The Bertz CT molecular complexity index is 811. The van der Waals surface area contributed by atoms with Crippen LogP contribution in [-0.2, 0) is 14.3 Å². The molecule has 1 aliphatic heterocycles. The minimum absolute atomic E-state index is 0.101. The molecule has 160 valence electrons. The number of nitrogens with one attached hydrogen (secondary N) is 2. The molecule has 0 spiro atoms. The molecule has 0 aromatic heterocycles. The summed E-state index contributed by atoms with van der Waals surface area (Å²) < 4.78 is 24.1. The number of rotatable bonds is 9. The lowest BCUT2D eigenvalue weighted by Crippen LogP contribution is -2.45. The van der Waals surface area contributed by atoms with Gasteiger partial charge in [-0.1, -0.05) is 30.3 Å². The van der Waals surface area contributed by atoms with Crippen LogP contribution in [0.25, 0.3) is 0 Å². The Hall–Kier alpha value is -2.97. The zero-order valence-electron chi connectivity index (χ0n) is 16.7. The van der Waals surface area contributed by atoms with Gasteiger partial charge in [0.15, 0.2) is 6.61 Å². The summed E-state index contributed by atoms with van der Waals surface area (Å²) in [6.07, 6.45) is 0. The smallest absolute Gasteiger partial charge is 0.258 e. The Kier molecular flexibility index (Phi) is 8.17. The Labute approximate surface area is 175 Å². The zero-order chi connectivity index (χ0) is 21.2. The predicted octanol–water partition coefficient (Wildman–Crippen LogP) is 1.51. The number of ether oxygens (including phenoxy) is 2. The minimum atomic E-state index is -0.378. The Balaban J connectivity index is 1.46. The molecule has 0 saturated carbocycles. The van der Waals surface area contributed by atoms with Gasteiger partial charge >= 0.3 is 0 Å². The average molecular weight is 415 g/mol. The van der Waals surface area contributed by atoms with E-state index in [1.54, 1.807) is 24.3 Å². The van der Waals surface area contributed by atoms with Crippen LogP contribution in [0.2, 0.25) is 0 Å². The van der Waals surface area contributed by atoms with Crippen LogP contribution in [0.3, 0.4) is 0 Å². The summed E-state index contributed by atoms with van der Waals surface area (Å²) in [4.78, 5) is 26.3. The second-order valence-corrected chi connectivity index (χ2v) is 6.90. The van der Waals surface area contributed by atoms with Crippen molar-refractivity contribution in [3.05, 3.63) is 66.0 Å². The number of hydrogen-bond acceptors (Lipinski definition) is 5. The summed E-state index contributed by atoms with van der Waals surface area (Å²) in [5, 5.41) is 5.40. The highest BCUT2D eigenvalue weighted by Crippen LogP contribution is 2.21. The van der Waals surface area contributed by atoms with E-state index in [2.05, 4.69) is 15.5 Å². The summed E-state index contributed by atoms with van der Waals surface area (Å²) >= 11 is 0. The van der Waals surface area contributed by atoms with Crippen LogP contribution in [0.4, 0.5) is 4.39 Å². The van der Waals surface area contributed by atoms with E-state index < -0.39 is 0 Å². The van der Waals surface area contributed by atoms with Crippen LogP contribution in [0, 0.1) is 5.82 Å². The van der Waals surface area contributed by atoms with Gasteiger partial charge in [-0.25, -0.2) is 4.39 Å². The van der Waals surface area contributed by atoms with Gasteiger partial charge in [0.1, 0.15) is 11.6 Å². The summed E-state index contributed by atoms with van der Waals surface area (Å²) in [5.41, 5.74) is 0.916. The first-order chi connectivity index (χ1) is 14.6. The van der Waals surface area contributed by atoms with Gasteiger partial charge in [0.05, 0.1) is 25.8 Å². The first-order valence-electron chi connectivity index (χ1n) is 9.90. The van der Waals surface area contributed by atoms with Crippen LogP contribution in [0.1, 0.15) is 11.6 Å². The van der Waals surface area contributed by atoms with Gasteiger partial charge in [-0.15, -0.1) is 0 Å². The molecule has 2 amide bonds. The number of carbonyl (C=O) groups excluding carboxylic acids is 2. The lowest BCUT2D eigenvalue weighted by Gasteiger charge is -2.35. The van der Waals surface area contributed by atoms with E-state index >= 15 is 0 Å². The molecule has 1 saturated heterocycles. The van der Waals surface area contributed by atoms with Crippen LogP contribution in [0.15, 0.2) is 54.6 Å². The van der Waals surface area contributed by atoms with E-state index in [4.69, 9.17) is 9.47 Å². The number of morpholine rings is 1. The Morgan fingerprint density at radius 3 is 2.40 bits per heavy atom. The first-order valence-corrected chi connectivity index (χ1v) is 9.90. The van der Waals surface area contributed by atoms with Crippen molar-refractivity contribution in [2.75, 3.05) is 46.0 Å². The molecule has 0 radical (unpaired) electrons. The number of amides is 2. The number of halogens is 1. The van der Waals surface area contributed by atoms with Crippen molar-refractivity contribution in [1.82, 2.24) is 15.5 Å². The second kappa shape index (κ2) is 11.3. The highest BCUT2D eigenvalue weighted by atomic mass is 19.1. The SMILES string of the molecule is O=C(CNC(=O)COc1ccccc1)NCC(c1ccc(F)cc1)N1CCOCC1. The van der Waals surface area contributed by atoms with E-state index in [1.165, 1.54) is 12.1 Å². The van der Waals surface area contributed by atoms with Gasteiger partial charge < -0.3 is 20.1 Å². The van der Waals surface area contributed by atoms with E-state index in [0.717, 1.165) is 18.7 Å². The van der Waals surface area contributed by atoms with Crippen molar-refractivity contribution in [2.24, 2.45) is 0 Å². The fraction of sp³-hybridized carbons (Fsp3) is 0.364. The maximum atomic E-state index is 13.3. The Morgan fingerprint density at radius 1 is 1.00 bits per heavy atom. The standard InChI is InChI=1S/C22H26FN3O4/c23-18-8-6-17(7-9-18)20(26-10-12-29-13-11-26)14-24-21(27)15-25-22(28)16-30-19-4-2-1-3-5-19/h1-9,20H,10-16H2,(H,24,27)(H,25,28). The molecular formula is C22H26FN3O4. The maximum absolute atomic E-state index is 13.3. The minimum Gasteiger partial charge on any atom is -0.484 e. The van der Waals surface area contributed by atoms with Crippen LogP contribution in [0.5, 0.6) is 5.75 Å².